The van der Waals surface area contributed by atoms with Crippen molar-refractivity contribution < 1.29 is 24.2 Å². The highest BCUT2D eigenvalue weighted by Gasteiger charge is 2.08. The average Bonchev–Trinajstić information content (AvgIpc) is 2.41. The molecule has 1 N–H and O–H groups in total. The maximum absolute atomic E-state index is 11.0. The predicted octanol–water partition coefficient (Wildman–Crippen LogP) is 2.53. The summed E-state index contributed by atoms with van der Waals surface area (Å²) in [6, 6.07) is 5.17. The molecule has 1 rings (SSSR count). The van der Waals surface area contributed by atoms with Crippen molar-refractivity contribution >= 4 is 12.3 Å². The largest absolute Gasteiger partial charge is 0.496 e. The Morgan fingerprint density at radius 3 is 2.63 bits per heavy atom. The molecule has 104 valence electrons. The van der Waals surface area contributed by atoms with E-state index in [0.717, 1.165) is 12.8 Å². The predicted molar refractivity (Wildman–Crippen MR) is 70.0 cm³/mol. The Labute approximate surface area is 112 Å². The molecule has 0 spiro atoms. The van der Waals surface area contributed by atoms with Crippen LogP contribution in [0.3, 0.4) is 0 Å². The third-order valence-electron chi connectivity index (χ3n) is 2.66. The zero-order chi connectivity index (χ0) is 14.1. The molecular formula is C14H18O5. The second kappa shape index (κ2) is 8.13. The molecule has 5 nitrogen and oxygen atoms in total. The number of ether oxygens (including phenoxy) is 2. The molecule has 0 amide bonds. The van der Waals surface area contributed by atoms with Gasteiger partial charge in [-0.15, -0.1) is 0 Å². The van der Waals surface area contributed by atoms with E-state index in [2.05, 4.69) is 0 Å². The highest BCUT2D eigenvalue weighted by Crippen LogP contribution is 2.26. The number of methoxy groups -OCH3 is 1. The molecule has 0 fully saturated rings. The number of carbonyl (C=O) groups is 2. The molecular weight excluding hydrogens is 248 g/mol. The van der Waals surface area contributed by atoms with Crippen LogP contribution < -0.4 is 9.47 Å². The SMILES string of the molecule is COc1cccc(OCCCCCC(=O)O)c1C=O. The Kier molecular flexibility index (Phi) is 6.43. The Balaban J connectivity index is 2.41. The van der Waals surface area contributed by atoms with Crippen molar-refractivity contribution in [2.45, 2.75) is 25.7 Å². The molecule has 0 aliphatic carbocycles. The fourth-order valence-corrected chi connectivity index (χ4v) is 1.68. The number of rotatable bonds is 9. The zero-order valence-corrected chi connectivity index (χ0v) is 10.9. The average molecular weight is 266 g/mol. The van der Waals surface area contributed by atoms with Gasteiger partial charge in [0, 0.05) is 6.42 Å². The summed E-state index contributed by atoms with van der Waals surface area (Å²) >= 11 is 0. The number of aldehydes is 1. The molecule has 1 aromatic rings. The number of hydrogen-bond donors (Lipinski definition) is 1. The molecule has 0 heterocycles. The molecule has 0 aromatic heterocycles. The van der Waals surface area contributed by atoms with Crippen LogP contribution in [0.25, 0.3) is 0 Å². The van der Waals surface area contributed by atoms with E-state index in [4.69, 9.17) is 14.6 Å². The monoisotopic (exact) mass is 266 g/mol. The second-order valence-electron chi connectivity index (χ2n) is 4.04. The lowest BCUT2D eigenvalue weighted by atomic mass is 10.2. The Bertz CT molecular complexity index is 428. The van der Waals surface area contributed by atoms with Crippen molar-refractivity contribution in [2.75, 3.05) is 13.7 Å². The number of carbonyl (C=O) groups excluding carboxylic acids is 1. The highest BCUT2D eigenvalue weighted by molar-refractivity contribution is 5.83. The van der Waals surface area contributed by atoms with Gasteiger partial charge in [0.2, 0.25) is 0 Å². The number of aliphatic carboxylic acids is 1. The first kappa shape index (κ1) is 15.0. The maximum Gasteiger partial charge on any atom is 0.303 e. The van der Waals surface area contributed by atoms with Crippen LogP contribution in [-0.2, 0) is 4.79 Å². The Hall–Kier alpha value is -2.04. The lowest BCUT2D eigenvalue weighted by molar-refractivity contribution is -0.137. The van der Waals surface area contributed by atoms with Gasteiger partial charge >= 0.3 is 5.97 Å². The fraction of sp³-hybridized carbons (Fsp3) is 0.429. The Morgan fingerprint density at radius 1 is 1.26 bits per heavy atom. The van der Waals surface area contributed by atoms with Crippen molar-refractivity contribution in [3.8, 4) is 11.5 Å². The molecule has 0 radical (unpaired) electrons. The minimum Gasteiger partial charge on any atom is -0.496 e. The highest BCUT2D eigenvalue weighted by atomic mass is 16.5. The lowest BCUT2D eigenvalue weighted by Crippen LogP contribution is -2.02. The van der Waals surface area contributed by atoms with Gasteiger partial charge in [0.25, 0.3) is 0 Å². The van der Waals surface area contributed by atoms with Gasteiger partial charge in [-0.05, 0) is 31.4 Å². The molecule has 0 saturated heterocycles. The number of carboxylic acids is 1. The minimum atomic E-state index is -0.781. The minimum absolute atomic E-state index is 0.179. The molecule has 19 heavy (non-hydrogen) atoms. The summed E-state index contributed by atoms with van der Waals surface area (Å²) in [5.74, 6) is 0.197. The molecule has 0 bridgehead atoms. The summed E-state index contributed by atoms with van der Waals surface area (Å²) in [7, 11) is 1.50. The van der Waals surface area contributed by atoms with Crippen LogP contribution in [0, 0.1) is 0 Å². The van der Waals surface area contributed by atoms with Gasteiger partial charge in [-0.1, -0.05) is 6.07 Å². The van der Waals surface area contributed by atoms with E-state index in [1.807, 2.05) is 0 Å². The van der Waals surface area contributed by atoms with E-state index in [1.54, 1.807) is 18.2 Å². The fourth-order valence-electron chi connectivity index (χ4n) is 1.68. The van der Waals surface area contributed by atoms with E-state index in [-0.39, 0.29) is 6.42 Å². The summed E-state index contributed by atoms with van der Waals surface area (Å²) in [5.41, 5.74) is 0.399. The summed E-state index contributed by atoms with van der Waals surface area (Å²) in [6.07, 6.45) is 3.06. The first-order valence-electron chi connectivity index (χ1n) is 6.15. The lowest BCUT2D eigenvalue weighted by Gasteiger charge is -2.10. The van der Waals surface area contributed by atoms with Crippen LogP contribution in [0.4, 0.5) is 0 Å². The van der Waals surface area contributed by atoms with Gasteiger partial charge in [-0.2, -0.15) is 0 Å². The van der Waals surface area contributed by atoms with Crippen molar-refractivity contribution in [1.29, 1.82) is 0 Å². The summed E-state index contributed by atoms with van der Waals surface area (Å²) in [5, 5.41) is 8.49. The van der Waals surface area contributed by atoms with Gasteiger partial charge in [-0.25, -0.2) is 0 Å². The smallest absolute Gasteiger partial charge is 0.303 e. The van der Waals surface area contributed by atoms with Gasteiger partial charge in [0.15, 0.2) is 6.29 Å². The topological polar surface area (TPSA) is 72.8 Å². The summed E-state index contributed by atoms with van der Waals surface area (Å²) in [4.78, 5) is 21.3. The Morgan fingerprint density at radius 2 is 2.00 bits per heavy atom. The van der Waals surface area contributed by atoms with Crippen LogP contribution in [0.1, 0.15) is 36.0 Å². The van der Waals surface area contributed by atoms with Gasteiger partial charge in [-0.3, -0.25) is 9.59 Å². The second-order valence-corrected chi connectivity index (χ2v) is 4.04. The number of hydrogen-bond acceptors (Lipinski definition) is 4. The normalized spacial score (nSPS) is 9.95. The van der Waals surface area contributed by atoms with Crippen LogP contribution in [-0.4, -0.2) is 31.1 Å². The van der Waals surface area contributed by atoms with E-state index in [0.29, 0.717) is 36.4 Å². The maximum atomic E-state index is 11.0. The molecule has 5 heteroatoms. The standard InChI is InChI=1S/C14H18O5/c1-18-12-6-5-7-13(11(12)10-15)19-9-4-2-3-8-14(16)17/h5-7,10H,2-4,8-9H2,1H3,(H,16,17). The quantitative estimate of drug-likeness (QED) is 0.549. The zero-order valence-electron chi connectivity index (χ0n) is 10.9. The van der Waals surface area contributed by atoms with Crippen LogP contribution >= 0.6 is 0 Å². The number of carboxylic acid groups (broad SMARTS) is 1. The number of unbranched alkanes of at least 4 members (excludes halogenated alkanes) is 2. The van der Waals surface area contributed by atoms with Crippen LogP contribution in [0.15, 0.2) is 18.2 Å². The third-order valence-corrected chi connectivity index (χ3v) is 2.66. The van der Waals surface area contributed by atoms with Crippen LogP contribution in [0.5, 0.6) is 11.5 Å². The molecule has 0 unspecified atom stereocenters. The van der Waals surface area contributed by atoms with Gasteiger partial charge in [0.1, 0.15) is 11.5 Å². The molecule has 0 saturated carbocycles. The van der Waals surface area contributed by atoms with Gasteiger partial charge < -0.3 is 14.6 Å². The molecule has 0 aliphatic rings. The molecule has 1 aromatic carbocycles. The summed E-state index contributed by atoms with van der Waals surface area (Å²) in [6.45, 7) is 0.452. The third kappa shape index (κ3) is 4.99. The van der Waals surface area contributed by atoms with Crippen molar-refractivity contribution in [2.24, 2.45) is 0 Å². The van der Waals surface area contributed by atoms with E-state index >= 15 is 0 Å². The first-order chi connectivity index (χ1) is 9.19. The van der Waals surface area contributed by atoms with Crippen molar-refractivity contribution in [3.63, 3.8) is 0 Å². The molecule has 0 atom stereocenters. The van der Waals surface area contributed by atoms with Crippen molar-refractivity contribution in [1.82, 2.24) is 0 Å². The first-order valence-corrected chi connectivity index (χ1v) is 6.15. The van der Waals surface area contributed by atoms with Crippen LogP contribution in [0.2, 0.25) is 0 Å². The molecule has 0 aliphatic heterocycles. The number of benzene rings is 1. The summed E-state index contributed by atoms with van der Waals surface area (Å²) < 4.78 is 10.6. The van der Waals surface area contributed by atoms with E-state index < -0.39 is 5.97 Å². The van der Waals surface area contributed by atoms with E-state index in [9.17, 15) is 9.59 Å². The van der Waals surface area contributed by atoms with Crippen molar-refractivity contribution in [3.05, 3.63) is 23.8 Å². The van der Waals surface area contributed by atoms with E-state index in [1.165, 1.54) is 7.11 Å². The van der Waals surface area contributed by atoms with Gasteiger partial charge in [0.05, 0.1) is 19.3 Å².